The summed E-state index contributed by atoms with van der Waals surface area (Å²) in [5.74, 6) is 0.165. The van der Waals surface area contributed by atoms with Crippen molar-refractivity contribution in [2.24, 2.45) is 0 Å². The lowest BCUT2D eigenvalue weighted by Crippen LogP contribution is -2.07. The molecule has 2 aromatic rings. The molecule has 0 saturated carbocycles. The van der Waals surface area contributed by atoms with E-state index >= 15 is 0 Å². The first-order valence-electron chi connectivity index (χ1n) is 5.13. The minimum absolute atomic E-state index is 0.165. The topological polar surface area (TPSA) is 22.0 Å². The molecule has 0 spiro atoms. The predicted octanol–water partition coefficient (Wildman–Crippen LogP) is 2.73. The number of fused-ring (bicyclic) bond motifs is 1. The molecule has 0 fully saturated rings. The van der Waals surface area contributed by atoms with Gasteiger partial charge in [-0.25, -0.2) is 0 Å². The summed E-state index contributed by atoms with van der Waals surface area (Å²) < 4.78 is 2.15. The second-order valence-electron chi connectivity index (χ2n) is 3.77. The Morgan fingerprint density at radius 2 is 2.27 bits per heavy atom. The van der Waals surface area contributed by atoms with Gasteiger partial charge in [0.15, 0.2) is 0 Å². The zero-order chi connectivity index (χ0) is 10.3. The molecule has 0 aromatic carbocycles. The van der Waals surface area contributed by atoms with Gasteiger partial charge < -0.3 is 4.57 Å². The normalized spacial score (nSPS) is 14.1. The van der Waals surface area contributed by atoms with Crippen LogP contribution in [-0.2, 0) is 13.0 Å². The van der Waals surface area contributed by atoms with Crippen LogP contribution in [0.15, 0.2) is 29.6 Å². The van der Waals surface area contributed by atoms with E-state index < -0.39 is 0 Å². The summed E-state index contributed by atoms with van der Waals surface area (Å²) in [4.78, 5) is 13.0. The van der Waals surface area contributed by atoms with Gasteiger partial charge in [0.25, 0.3) is 0 Å². The van der Waals surface area contributed by atoms with Crippen molar-refractivity contribution in [1.82, 2.24) is 4.57 Å². The highest BCUT2D eigenvalue weighted by Gasteiger charge is 2.19. The molecule has 3 heteroatoms. The van der Waals surface area contributed by atoms with Crippen LogP contribution in [0, 0.1) is 0 Å². The molecule has 76 valence electrons. The number of hydrogen-bond donors (Lipinski definition) is 0. The van der Waals surface area contributed by atoms with E-state index in [2.05, 4.69) is 10.6 Å². The summed E-state index contributed by atoms with van der Waals surface area (Å²) >= 11 is 1.51. The fraction of sp³-hybridized carbons (Fsp3) is 0.250. The zero-order valence-corrected chi connectivity index (χ0v) is 9.09. The van der Waals surface area contributed by atoms with Gasteiger partial charge in [0.2, 0.25) is 5.78 Å². The second kappa shape index (κ2) is 3.35. The summed E-state index contributed by atoms with van der Waals surface area (Å²) in [6.45, 7) is 0.995. The van der Waals surface area contributed by atoms with E-state index in [4.69, 9.17) is 0 Å². The molecule has 1 aliphatic rings. The van der Waals surface area contributed by atoms with Crippen LogP contribution in [0.1, 0.15) is 27.5 Å². The highest BCUT2D eigenvalue weighted by molar-refractivity contribution is 7.12. The van der Waals surface area contributed by atoms with Crippen LogP contribution in [0.4, 0.5) is 0 Å². The second-order valence-corrected chi connectivity index (χ2v) is 4.72. The first-order chi connectivity index (χ1) is 7.36. The van der Waals surface area contributed by atoms with E-state index in [9.17, 15) is 4.79 Å². The number of rotatable bonds is 2. The number of aromatic nitrogens is 1. The molecular formula is C12H11NOS. The van der Waals surface area contributed by atoms with Crippen molar-refractivity contribution in [2.75, 3.05) is 0 Å². The lowest BCUT2D eigenvalue weighted by molar-refractivity contribution is 0.103. The molecule has 0 atom stereocenters. The number of ketones is 1. The molecule has 2 aromatic heterocycles. The largest absolute Gasteiger partial charge is 0.342 e. The maximum absolute atomic E-state index is 12.1. The lowest BCUT2D eigenvalue weighted by atomic mass is 10.2. The van der Waals surface area contributed by atoms with Gasteiger partial charge in [0.1, 0.15) is 0 Å². The average molecular weight is 217 g/mol. The summed E-state index contributed by atoms with van der Waals surface area (Å²) in [7, 11) is 0. The smallest absolute Gasteiger partial charge is 0.219 e. The number of nitrogens with zero attached hydrogens (tertiary/aromatic N) is 1. The maximum Gasteiger partial charge on any atom is 0.219 e. The van der Waals surface area contributed by atoms with Crippen molar-refractivity contribution in [3.63, 3.8) is 0 Å². The summed E-state index contributed by atoms with van der Waals surface area (Å²) in [6, 6.07) is 7.85. The van der Waals surface area contributed by atoms with Crippen LogP contribution >= 0.6 is 11.3 Å². The van der Waals surface area contributed by atoms with E-state index in [1.165, 1.54) is 23.5 Å². The molecule has 0 saturated heterocycles. The van der Waals surface area contributed by atoms with Crippen molar-refractivity contribution in [1.29, 1.82) is 0 Å². The fourth-order valence-electron chi connectivity index (χ4n) is 2.14. The Kier molecular flexibility index (Phi) is 1.99. The van der Waals surface area contributed by atoms with Gasteiger partial charge in [-0.2, -0.15) is 0 Å². The van der Waals surface area contributed by atoms with Gasteiger partial charge in [0.05, 0.1) is 10.6 Å². The molecule has 0 aliphatic carbocycles. The number of carbonyl (C=O) groups excluding carboxylic acids is 1. The Balaban J connectivity index is 2.03. The van der Waals surface area contributed by atoms with E-state index in [0.717, 1.165) is 23.5 Å². The van der Waals surface area contributed by atoms with Gasteiger partial charge in [0, 0.05) is 12.2 Å². The van der Waals surface area contributed by atoms with E-state index in [1.807, 2.05) is 23.6 Å². The molecular weight excluding hydrogens is 206 g/mol. The Labute approximate surface area is 92.2 Å². The molecule has 1 aliphatic heterocycles. The SMILES string of the molecule is O=C(c1cccs1)c1ccc2n1CCC2. The first kappa shape index (κ1) is 8.92. The monoisotopic (exact) mass is 217 g/mol. The standard InChI is InChI=1S/C12H11NOS/c14-12(11-4-2-8-15-11)10-6-5-9-3-1-7-13(9)10/h2,4-6,8H,1,3,7H2. The van der Waals surface area contributed by atoms with E-state index in [0.29, 0.717) is 0 Å². The number of hydrogen-bond acceptors (Lipinski definition) is 2. The van der Waals surface area contributed by atoms with Crippen molar-refractivity contribution in [3.8, 4) is 0 Å². The number of carbonyl (C=O) groups is 1. The average Bonchev–Trinajstić information content (AvgIpc) is 2.94. The third kappa shape index (κ3) is 1.35. The Morgan fingerprint density at radius 1 is 1.33 bits per heavy atom. The van der Waals surface area contributed by atoms with Gasteiger partial charge in [-0.1, -0.05) is 6.07 Å². The minimum Gasteiger partial charge on any atom is -0.342 e. The number of aryl methyl sites for hydroxylation is 1. The highest BCUT2D eigenvalue weighted by Crippen LogP contribution is 2.22. The molecule has 0 amide bonds. The van der Waals surface area contributed by atoms with Gasteiger partial charge in [-0.15, -0.1) is 11.3 Å². The molecule has 2 nitrogen and oxygen atoms in total. The summed E-state index contributed by atoms with van der Waals surface area (Å²) in [5, 5.41) is 1.95. The third-order valence-corrected chi connectivity index (χ3v) is 3.73. The molecule has 0 unspecified atom stereocenters. The fourth-order valence-corrected chi connectivity index (χ4v) is 2.82. The van der Waals surface area contributed by atoms with Crippen LogP contribution in [0.2, 0.25) is 0 Å². The Bertz CT molecular complexity index is 496. The van der Waals surface area contributed by atoms with Crippen LogP contribution < -0.4 is 0 Å². The van der Waals surface area contributed by atoms with Crippen molar-refractivity contribution in [2.45, 2.75) is 19.4 Å². The van der Waals surface area contributed by atoms with Gasteiger partial charge in [-0.3, -0.25) is 4.79 Å². The van der Waals surface area contributed by atoms with Crippen LogP contribution in [0.25, 0.3) is 0 Å². The Hall–Kier alpha value is -1.35. The van der Waals surface area contributed by atoms with Gasteiger partial charge in [-0.05, 0) is 36.4 Å². The maximum atomic E-state index is 12.1. The molecule has 3 heterocycles. The zero-order valence-electron chi connectivity index (χ0n) is 8.27. The van der Waals surface area contributed by atoms with Crippen molar-refractivity contribution in [3.05, 3.63) is 45.9 Å². The lowest BCUT2D eigenvalue weighted by Gasteiger charge is -2.03. The highest BCUT2D eigenvalue weighted by atomic mass is 32.1. The van der Waals surface area contributed by atoms with Crippen LogP contribution in [-0.4, -0.2) is 10.4 Å². The van der Waals surface area contributed by atoms with Crippen molar-refractivity contribution >= 4 is 17.1 Å². The minimum atomic E-state index is 0.165. The Morgan fingerprint density at radius 3 is 3.07 bits per heavy atom. The van der Waals surface area contributed by atoms with Crippen molar-refractivity contribution < 1.29 is 4.79 Å². The first-order valence-corrected chi connectivity index (χ1v) is 6.01. The van der Waals surface area contributed by atoms with E-state index in [-0.39, 0.29) is 5.78 Å². The summed E-state index contributed by atoms with van der Waals surface area (Å²) in [5.41, 5.74) is 2.15. The third-order valence-electron chi connectivity index (χ3n) is 2.86. The van der Waals surface area contributed by atoms with Gasteiger partial charge >= 0.3 is 0 Å². The predicted molar refractivity (Wildman–Crippen MR) is 60.5 cm³/mol. The molecule has 3 rings (SSSR count). The van der Waals surface area contributed by atoms with Crippen LogP contribution in [0.3, 0.4) is 0 Å². The molecule has 0 radical (unpaired) electrons. The number of thiophene rings is 1. The van der Waals surface area contributed by atoms with E-state index in [1.54, 1.807) is 0 Å². The van der Waals surface area contributed by atoms with Crippen LogP contribution in [0.5, 0.6) is 0 Å². The molecule has 15 heavy (non-hydrogen) atoms. The molecule has 0 N–H and O–H groups in total. The quantitative estimate of drug-likeness (QED) is 0.709. The molecule has 0 bridgehead atoms. The summed E-state index contributed by atoms with van der Waals surface area (Å²) in [6.07, 6.45) is 2.28.